The van der Waals surface area contributed by atoms with Gasteiger partial charge in [-0.1, -0.05) is 35.0 Å². The number of thiophene rings is 1. The molecule has 1 aromatic carbocycles. The standard InChI is InChI=1S/C25H28Cl2N4O4S2/c1-4-31-22(14(3)35-18-11-10-15(26)12-17(18)27)29-30-25(31)36-13-20(32)28-23-21(24(33)34-5-2)16-8-6-7-9-19(16)37-23/h10-12,14H,4-9,13H2,1-3H3,(H,28,32). The fourth-order valence-corrected chi connectivity index (χ4v) is 6.74. The third kappa shape index (κ3) is 6.42. The van der Waals surface area contributed by atoms with Gasteiger partial charge in [0.25, 0.3) is 0 Å². The normalized spacial score (nSPS) is 13.6. The first kappa shape index (κ1) is 27.8. The molecule has 0 saturated heterocycles. The van der Waals surface area contributed by atoms with Crippen molar-refractivity contribution >= 4 is 63.2 Å². The maximum atomic E-state index is 12.9. The number of thioether (sulfide) groups is 1. The molecule has 198 valence electrons. The number of rotatable bonds is 10. The number of carbonyl (C=O) groups is 2. The molecule has 1 atom stereocenters. The first-order chi connectivity index (χ1) is 17.8. The van der Waals surface area contributed by atoms with Gasteiger partial charge in [0.05, 0.1) is 22.9 Å². The summed E-state index contributed by atoms with van der Waals surface area (Å²) >= 11 is 15.0. The first-order valence-electron chi connectivity index (χ1n) is 12.1. The van der Waals surface area contributed by atoms with E-state index in [4.69, 9.17) is 32.7 Å². The second-order valence-electron chi connectivity index (χ2n) is 8.39. The largest absolute Gasteiger partial charge is 0.481 e. The summed E-state index contributed by atoms with van der Waals surface area (Å²) in [7, 11) is 0. The molecule has 2 heterocycles. The first-order valence-corrected chi connectivity index (χ1v) is 14.7. The van der Waals surface area contributed by atoms with E-state index in [0.717, 1.165) is 36.1 Å². The zero-order valence-corrected chi connectivity index (χ0v) is 24.0. The number of hydrogen-bond donors (Lipinski definition) is 1. The number of nitrogens with one attached hydrogen (secondary N) is 1. The molecular formula is C25H28Cl2N4O4S2. The van der Waals surface area contributed by atoms with Gasteiger partial charge in [0.2, 0.25) is 5.91 Å². The van der Waals surface area contributed by atoms with Gasteiger partial charge < -0.3 is 19.4 Å². The summed E-state index contributed by atoms with van der Waals surface area (Å²) in [6.07, 6.45) is 3.43. The predicted octanol–water partition coefficient (Wildman–Crippen LogP) is 6.59. The molecule has 1 N–H and O–H groups in total. The number of nitrogens with zero attached hydrogens (tertiary/aromatic N) is 3. The molecular weight excluding hydrogens is 555 g/mol. The predicted molar refractivity (Wildman–Crippen MR) is 147 cm³/mol. The highest BCUT2D eigenvalue weighted by molar-refractivity contribution is 7.99. The Morgan fingerprint density at radius 1 is 1.22 bits per heavy atom. The second-order valence-corrected chi connectivity index (χ2v) is 11.3. The van der Waals surface area contributed by atoms with Gasteiger partial charge in [0.1, 0.15) is 10.8 Å². The van der Waals surface area contributed by atoms with E-state index in [1.54, 1.807) is 25.1 Å². The lowest BCUT2D eigenvalue weighted by Crippen LogP contribution is -2.17. The number of aryl methyl sites for hydroxylation is 1. The van der Waals surface area contributed by atoms with Crippen LogP contribution in [-0.2, 0) is 28.9 Å². The molecule has 0 spiro atoms. The van der Waals surface area contributed by atoms with Crippen molar-refractivity contribution in [3.05, 3.63) is 50.1 Å². The van der Waals surface area contributed by atoms with Gasteiger partial charge in [-0.25, -0.2) is 4.79 Å². The van der Waals surface area contributed by atoms with Crippen molar-refractivity contribution in [1.82, 2.24) is 14.8 Å². The number of fused-ring (bicyclic) bond motifs is 1. The Bertz CT molecular complexity index is 1290. The lowest BCUT2D eigenvalue weighted by molar-refractivity contribution is -0.113. The smallest absolute Gasteiger partial charge is 0.341 e. The number of benzene rings is 1. The van der Waals surface area contributed by atoms with Gasteiger partial charge in [-0.05, 0) is 70.2 Å². The molecule has 4 rings (SSSR count). The highest BCUT2D eigenvalue weighted by atomic mass is 35.5. The van der Waals surface area contributed by atoms with E-state index in [-0.39, 0.29) is 24.2 Å². The second kappa shape index (κ2) is 12.5. The summed E-state index contributed by atoms with van der Waals surface area (Å²) < 4.78 is 13.2. The van der Waals surface area contributed by atoms with E-state index in [1.807, 2.05) is 18.4 Å². The molecule has 1 aliphatic carbocycles. The lowest BCUT2D eigenvalue weighted by atomic mass is 9.95. The number of carbonyl (C=O) groups excluding carboxylic acids is 2. The Labute approximate surface area is 234 Å². The summed E-state index contributed by atoms with van der Waals surface area (Å²) in [5.74, 6) is 0.621. The van der Waals surface area contributed by atoms with Crippen LogP contribution in [0.5, 0.6) is 5.75 Å². The quantitative estimate of drug-likeness (QED) is 0.212. The van der Waals surface area contributed by atoms with Crippen molar-refractivity contribution in [1.29, 1.82) is 0 Å². The molecule has 1 amide bonds. The molecule has 8 nitrogen and oxygen atoms in total. The minimum Gasteiger partial charge on any atom is -0.481 e. The van der Waals surface area contributed by atoms with Gasteiger partial charge in [-0.2, -0.15) is 0 Å². The van der Waals surface area contributed by atoms with Gasteiger partial charge in [-0.3, -0.25) is 4.79 Å². The van der Waals surface area contributed by atoms with Crippen LogP contribution in [0.1, 0.15) is 66.3 Å². The minimum atomic E-state index is -0.432. The number of anilines is 1. The molecule has 1 unspecified atom stereocenters. The van der Waals surface area contributed by atoms with Crippen LogP contribution < -0.4 is 10.1 Å². The molecule has 3 aromatic rings. The Hall–Kier alpha value is -2.27. The van der Waals surface area contributed by atoms with Crippen LogP contribution in [0.3, 0.4) is 0 Å². The summed E-state index contributed by atoms with van der Waals surface area (Å²) in [6, 6.07) is 5.03. The van der Waals surface area contributed by atoms with Crippen LogP contribution in [0.4, 0.5) is 5.00 Å². The molecule has 12 heteroatoms. The van der Waals surface area contributed by atoms with Crippen molar-refractivity contribution in [3.8, 4) is 5.75 Å². The van der Waals surface area contributed by atoms with E-state index < -0.39 is 6.10 Å². The summed E-state index contributed by atoms with van der Waals surface area (Å²) in [6.45, 7) is 6.49. The van der Waals surface area contributed by atoms with Crippen molar-refractivity contribution in [2.24, 2.45) is 0 Å². The van der Waals surface area contributed by atoms with Crippen LogP contribution in [-0.4, -0.2) is 39.0 Å². The summed E-state index contributed by atoms with van der Waals surface area (Å²) in [4.78, 5) is 26.7. The number of esters is 1. The molecule has 0 saturated carbocycles. The maximum Gasteiger partial charge on any atom is 0.341 e. The van der Waals surface area contributed by atoms with E-state index in [2.05, 4.69) is 15.5 Å². The van der Waals surface area contributed by atoms with Gasteiger partial charge in [0.15, 0.2) is 17.1 Å². The highest BCUT2D eigenvalue weighted by Gasteiger charge is 2.27. The van der Waals surface area contributed by atoms with E-state index in [9.17, 15) is 9.59 Å². The van der Waals surface area contributed by atoms with Crippen molar-refractivity contribution in [2.75, 3.05) is 17.7 Å². The number of ether oxygens (including phenoxy) is 2. The molecule has 0 radical (unpaired) electrons. The Balaban J connectivity index is 1.44. The maximum absolute atomic E-state index is 12.9. The number of amides is 1. The number of hydrogen-bond acceptors (Lipinski definition) is 8. The average Bonchev–Trinajstić information content (AvgIpc) is 3.45. The monoisotopic (exact) mass is 582 g/mol. The third-order valence-electron chi connectivity index (χ3n) is 5.86. The number of halogens is 2. The molecule has 0 bridgehead atoms. The SMILES string of the molecule is CCOC(=O)c1c(NC(=O)CSc2nnc(C(C)Oc3ccc(Cl)cc3Cl)n2CC)sc2c1CCCC2. The zero-order chi connectivity index (χ0) is 26.5. The van der Waals surface area contributed by atoms with Gasteiger partial charge in [0, 0.05) is 16.4 Å². The fraction of sp³-hybridized carbons (Fsp3) is 0.440. The van der Waals surface area contributed by atoms with E-state index in [1.165, 1.54) is 23.1 Å². The van der Waals surface area contributed by atoms with Crippen molar-refractivity contribution in [2.45, 2.75) is 64.3 Å². The lowest BCUT2D eigenvalue weighted by Gasteiger charge is -2.16. The molecule has 1 aliphatic rings. The summed E-state index contributed by atoms with van der Waals surface area (Å²) in [5.41, 5.74) is 1.52. The molecule has 0 aliphatic heterocycles. The molecule has 0 fully saturated rings. The molecule has 37 heavy (non-hydrogen) atoms. The Kier molecular flexibility index (Phi) is 9.39. The number of aromatic nitrogens is 3. The van der Waals surface area contributed by atoms with Crippen LogP contribution in [0, 0.1) is 0 Å². The Morgan fingerprint density at radius 2 is 2.00 bits per heavy atom. The van der Waals surface area contributed by atoms with Crippen LogP contribution in [0.2, 0.25) is 10.0 Å². The van der Waals surface area contributed by atoms with Crippen molar-refractivity contribution in [3.63, 3.8) is 0 Å². The van der Waals surface area contributed by atoms with Crippen LogP contribution >= 0.6 is 46.3 Å². The van der Waals surface area contributed by atoms with E-state index in [0.29, 0.717) is 43.9 Å². The third-order valence-corrected chi connectivity index (χ3v) is 8.56. The zero-order valence-electron chi connectivity index (χ0n) is 20.8. The van der Waals surface area contributed by atoms with Crippen LogP contribution in [0.15, 0.2) is 23.4 Å². The average molecular weight is 584 g/mol. The van der Waals surface area contributed by atoms with Crippen LogP contribution in [0.25, 0.3) is 0 Å². The van der Waals surface area contributed by atoms with Gasteiger partial charge in [-0.15, -0.1) is 21.5 Å². The summed E-state index contributed by atoms with van der Waals surface area (Å²) in [5, 5.41) is 13.6. The Morgan fingerprint density at radius 3 is 2.73 bits per heavy atom. The van der Waals surface area contributed by atoms with Crippen molar-refractivity contribution < 1.29 is 19.1 Å². The fourth-order valence-electron chi connectivity index (χ4n) is 4.18. The highest BCUT2D eigenvalue weighted by Crippen LogP contribution is 2.39. The minimum absolute atomic E-state index is 0.112. The van der Waals surface area contributed by atoms with Gasteiger partial charge >= 0.3 is 5.97 Å². The molecule has 2 aromatic heterocycles. The van der Waals surface area contributed by atoms with E-state index >= 15 is 0 Å². The topological polar surface area (TPSA) is 95.3 Å².